The lowest BCUT2D eigenvalue weighted by atomic mass is 9.88. The van der Waals surface area contributed by atoms with E-state index in [0.29, 0.717) is 17.0 Å². The molecule has 0 aliphatic carbocycles. The summed E-state index contributed by atoms with van der Waals surface area (Å²) in [6.45, 7) is 2.67. The van der Waals surface area contributed by atoms with Crippen LogP contribution in [0.3, 0.4) is 0 Å². The molecule has 0 N–H and O–H groups in total. The summed E-state index contributed by atoms with van der Waals surface area (Å²) < 4.78 is 27.0. The highest BCUT2D eigenvalue weighted by Gasteiger charge is 2.33. The molecule has 4 aromatic rings. The van der Waals surface area contributed by atoms with Crippen molar-refractivity contribution in [2.45, 2.75) is 19.4 Å². The normalized spacial score (nSPS) is 15.5. The van der Waals surface area contributed by atoms with E-state index in [9.17, 15) is 13.6 Å². The van der Waals surface area contributed by atoms with Crippen LogP contribution in [0.25, 0.3) is 10.4 Å². The summed E-state index contributed by atoms with van der Waals surface area (Å²) in [6.07, 6.45) is 0.797. The monoisotopic (exact) mass is 445 g/mol. The molecule has 0 spiro atoms. The highest BCUT2D eigenvalue weighted by atomic mass is 32.1. The standard InChI is InChI=1S/C27H21F2NOS/c1-17-6-8-19(9-7-17)26-21-5-3-2-4-18(21)14-15-30(26)27(31)25-13-12-24(32-25)20-10-11-22(28)23(29)16-20/h2-13,16,26H,14-15H2,1H3. The maximum Gasteiger partial charge on any atom is 0.264 e. The Morgan fingerprint density at radius 3 is 2.50 bits per heavy atom. The lowest BCUT2D eigenvalue weighted by Gasteiger charge is -2.37. The topological polar surface area (TPSA) is 20.3 Å². The molecule has 160 valence electrons. The van der Waals surface area contributed by atoms with E-state index in [1.165, 1.54) is 34.6 Å². The SMILES string of the molecule is Cc1ccc(C2c3ccccc3CCN2C(=O)c2ccc(-c3ccc(F)c(F)c3)s2)cc1. The number of fused-ring (bicyclic) bond motifs is 1. The van der Waals surface area contributed by atoms with Crippen molar-refractivity contribution < 1.29 is 13.6 Å². The third kappa shape index (κ3) is 3.73. The first-order valence-electron chi connectivity index (χ1n) is 10.5. The average molecular weight is 446 g/mol. The number of hydrogen-bond acceptors (Lipinski definition) is 2. The first-order chi connectivity index (χ1) is 15.5. The van der Waals surface area contributed by atoms with Gasteiger partial charge in [-0.05, 0) is 59.9 Å². The molecule has 0 bridgehead atoms. The summed E-state index contributed by atoms with van der Waals surface area (Å²) >= 11 is 1.30. The summed E-state index contributed by atoms with van der Waals surface area (Å²) in [5.41, 5.74) is 5.22. The van der Waals surface area contributed by atoms with Crippen molar-refractivity contribution in [1.82, 2.24) is 4.90 Å². The molecule has 0 radical (unpaired) electrons. The van der Waals surface area contributed by atoms with Crippen LogP contribution in [0, 0.1) is 18.6 Å². The van der Waals surface area contributed by atoms with E-state index < -0.39 is 11.6 Å². The molecule has 0 saturated heterocycles. The van der Waals surface area contributed by atoms with Crippen LogP contribution in [0.2, 0.25) is 0 Å². The van der Waals surface area contributed by atoms with Gasteiger partial charge in [-0.15, -0.1) is 11.3 Å². The number of thiophene rings is 1. The van der Waals surface area contributed by atoms with Gasteiger partial charge in [0.25, 0.3) is 5.91 Å². The molecule has 1 amide bonds. The molecule has 0 fully saturated rings. The van der Waals surface area contributed by atoms with Gasteiger partial charge in [0.1, 0.15) is 0 Å². The zero-order chi connectivity index (χ0) is 22.2. The van der Waals surface area contributed by atoms with Gasteiger partial charge in [-0.3, -0.25) is 4.79 Å². The van der Waals surface area contributed by atoms with Crippen LogP contribution in [0.15, 0.2) is 78.9 Å². The number of carbonyl (C=O) groups is 1. The van der Waals surface area contributed by atoms with Crippen molar-refractivity contribution in [3.05, 3.63) is 118 Å². The summed E-state index contributed by atoms with van der Waals surface area (Å²) in [4.78, 5) is 16.9. The summed E-state index contributed by atoms with van der Waals surface area (Å²) in [6, 6.07) is 23.8. The Hall–Kier alpha value is -3.31. The fourth-order valence-electron chi connectivity index (χ4n) is 4.29. The van der Waals surface area contributed by atoms with E-state index in [0.717, 1.165) is 28.5 Å². The molecular weight excluding hydrogens is 424 g/mol. The van der Waals surface area contributed by atoms with E-state index in [1.54, 1.807) is 12.1 Å². The Kier molecular flexibility index (Phi) is 5.35. The molecule has 1 atom stereocenters. The van der Waals surface area contributed by atoms with Gasteiger partial charge in [0.05, 0.1) is 10.9 Å². The fraction of sp³-hybridized carbons (Fsp3) is 0.148. The average Bonchev–Trinajstić information content (AvgIpc) is 3.31. The highest BCUT2D eigenvalue weighted by Crippen LogP contribution is 2.38. The number of nitrogens with zero attached hydrogens (tertiary/aromatic N) is 1. The van der Waals surface area contributed by atoms with Gasteiger partial charge in [0.2, 0.25) is 0 Å². The third-order valence-electron chi connectivity index (χ3n) is 5.96. The Morgan fingerprint density at radius 2 is 1.72 bits per heavy atom. The molecule has 1 aliphatic heterocycles. The highest BCUT2D eigenvalue weighted by molar-refractivity contribution is 7.17. The fourth-order valence-corrected chi connectivity index (χ4v) is 5.25. The van der Waals surface area contributed by atoms with Crippen LogP contribution in [0.1, 0.15) is 38.0 Å². The van der Waals surface area contributed by atoms with E-state index in [2.05, 4.69) is 36.4 Å². The molecule has 3 aromatic carbocycles. The van der Waals surface area contributed by atoms with Crippen molar-refractivity contribution in [3.63, 3.8) is 0 Å². The molecule has 5 heteroatoms. The van der Waals surface area contributed by atoms with Crippen LogP contribution in [-0.4, -0.2) is 17.4 Å². The smallest absolute Gasteiger partial charge is 0.264 e. The number of halogens is 2. The van der Waals surface area contributed by atoms with E-state index >= 15 is 0 Å². The Bertz CT molecular complexity index is 1300. The molecule has 2 nitrogen and oxygen atoms in total. The molecule has 1 unspecified atom stereocenters. The van der Waals surface area contributed by atoms with Crippen molar-refractivity contribution >= 4 is 17.2 Å². The summed E-state index contributed by atoms with van der Waals surface area (Å²) in [7, 11) is 0. The molecule has 5 rings (SSSR count). The second kappa shape index (κ2) is 8.32. The van der Waals surface area contributed by atoms with E-state index in [-0.39, 0.29) is 11.9 Å². The van der Waals surface area contributed by atoms with Gasteiger partial charge in [-0.25, -0.2) is 8.78 Å². The van der Waals surface area contributed by atoms with Gasteiger partial charge in [0, 0.05) is 11.4 Å². The predicted molar refractivity (Wildman–Crippen MR) is 124 cm³/mol. The minimum Gasteiger partial charge on any atom is -0.326 e. The number of amides is 1. The van der Waals surface area contributed by atoms with E-state index in [1.807, 2.05) is 24.0 Å². The quantitative estimate of drug-likeness (QED) is 0.340. The minimum atomic E-state index is -0.893. The van der Waals surface area contributed by atoms with Crippen LogP contribution < -0.4 is 0 Å². The third-order valence-corrected chi connectivity index (χ3v) is 7.08. The number of carbonyl (C=O) groups excluding carboxylic acids is 1. The molecule has 2 heterocycles. The maximum atomic E-state index is 13.7. The molecule has 1 aromatic heterocycles. The number of benzene rings is 3. The largest absolute Gasteiger partial charge is 0.326 e. The van der Waals surface area contributed by atoms with Gasteiger partial charge in [-0.1, -0.05) is 60.2 Å². The molecular formula is C27H21F2NOS. The van der Waals surface area contributed by atoms with Crippen molar-refractivity contribution in [3.8, 4) is 10.4 Å². The lowest BCUT2D eigenvalue weighted by molar-refractivity contribution is 0.0699. The van der Waals surface area contributed by atoms with Gasteiger partial charge in [0.15, 0.2) is 11.6 Å². The summed E-state index contributed by atoms with van der Waals surface area (Å²) in [5, 5.41) is 0. The molecule has 1 aliphatic rings. The van der Waals surface area contributed by atoms with Gasteiger partial charge < -0.3 is 4.90 Å². The number of rotatable bonds is 3. The zero-order valence-corrected chi connectivity index (χ0v) is 18.3. The first-order valence-corrected chi connectivity index (χ1v) is 11.3. The summed E-state index contributed by atoms with van der Waals surface area (Å²) in [5.74, 6) is -1.82. The van der Waals surface area contributed by atoms with Crippen LogP contribution in [0.5, 0.6) is 0 Å². The Labute approximate surface area is 189 Å². The second-order valence-corrected chi connectivity index (χ2v) is 9.14. The minimum absolute atomic E-state index is 0.0519. The maximum absolute atomic E-state index is 13.7. The van der Waals surface area contributed by atoms with Crippen molar-refractivity contribution in [2.75, 3.05) is 6.54 Å². The van der Waals surface area contributed by atoms with Crippen LogP contribution >= 0.6 is 11.3 Å². The molecule has 32 heavy (non-hydrogen) atoms. The Morgan fingerprint density at radius 1 is 0.938 bits per heavy atom. The number of aryl methyl sites for hydroxylation is 1. The zero-order valence-electron chi connectivity index (χ0n) is 17.5. The van der Waals surface area contributed by atoms with E-state index in [4.69, 9.17) is 0 Å². The van der Waals surface area contributed by atoms with Crippen LogP contribution in [-0.2, 0) is 6.42 Å². The van der Waals surface area contributed by atoms with Crippen molar-refractivity contribution in [1.29, 1.82) is 0 Å². The first kappa shape index (κ1) is 20.6. The van der Waals surface area contributed by atoms with Gasteiger partial charge in [-0.2, -0.15) is 0 Å². The Balaban J connectivity index is 1.51. The second-order valence-electron chi connectivity index (χ2n) is 8.05. The number of hydrogen-bond donors (Lipinski definition) is 0. The lowest BCUT2D eigenvalue weighted by Crippen LogP contribution is -2.40. The van der Waals surface area contributed by atoms with Gasteiger partial charge >= 0.3 is 0 Å². The van der Waals surface area contributed by atoms with Crippen molar-refractivity contribution in [2.24, 2.45) is 0 Å². The van der Waals surface area contributed by atoms with Crippen LogP contribution in [0.4, 0.5) is 8.78 Å². The predicted octanol–water partition coefficient (Wildman–Crippen LogP) is 6.79. The molecule has 0 saturated carbocycles.